The summed E-state index contributed by atoms with van der Waals surface area (Å²) in [6.45, 7) is 3.82. The number of piperidine rings is 1. The third kappa shape index (κ3) is 4.68. The first-order valence-electron chi connectivity index (χ1n) is 10.9. The standard InChI is InChI=1S/C23H23ClF2N6O/c1-14-6-22(28-13-27-14)31-11-15-2-3-16(12-31)20(15)10-21-29-23(32(30-21)5-4-25)33-19-8-17(24)7-18(26)9-19/h4-9,13,15-16,20H,2-3,10-12H2,1H3. The fraction of sp³-hybridized carbons (Fsp3) is 0.391. The van der Waals surface area contributed by atoms with Crippen molar-refractivity contribution in [2.45, 2.75) is 26.2 Å². The van der Waals surface area contributed by atoms with E-state index >= 15 is 0 Å². The van der Waals surface area contributed by atoms with Crippen molar-refractivity contribution >= 4 is 23.6 Å². The van der Waals surface area contributed by atoms with Gasteiger partial charge in [0.25, 0.3) is 0 Å². The molecule has 3 heterocycles. The lowest BCUT2D eigenvalue weighted by Gasteiger charge is -2.38. The highest BCUT2D eigenvalue weighted by Crippen LogP contribution is 2.44. The third-order valence-corrected chi connectivity index (χ3v) is 6.67. The van der Waals surface area contributed by atoms with E-state index in [0.29, 0.717) is 36.3 Å². The second kappa shape index (κ2) is 9.05. The number of hydrogen-bond donors (Lipinski definition) is 0. The van der Waals surface area contributed by atoms with Gasteiger partial charge in [-0.15, -0.1) is 5.10 Å². The molecule has 1 saturated heterocycles. The smallest absolute Gasteiger partial charge is 0.325 e. The van der Waals surface area contributed by atoms with E-state index in [4.69, 9.17) is 16.3 Å². The Bertz CT molecular complexity index is 1150. The Balaban J connectivity index is 1.33. The average molecular weight is 473 g/mol. The summed E-state index contributed by atoms with van der Waals surface area (Å²) in [6, 6.07) is 5.91. The van der Waals surface area contributed by atoms with E-state index in [2.05, 4.69) is 25.0 Å². The van der Waals surface area contributed by atoms with Crippen LogP contribution in [0.1, 0.15) is 24.4 Å². The number of ether oxygens (including phenoxy) is 1. The van der Waals surface area contributed by atoms with E-state index in [1.165, 1.54) is 22.9 Å². The van der Waals surface area contributed by atoms with Crippen molar-refractivity contribution in [2.24, 2.45) is 17.8 Å². The van der Waals surface area contributed by atoms with Crippen LogP contribution < -0.4 is 9.64 Å². The van der Waals surface area contributed by atoms with Crippen LogP contribution in [0.5, 0.6) is 11.8 Å². The molecule has 1 aliphatic carbocycles. The van der Waals surface area contributed by atoms with E-state index in [1.54, 1.807) is 6.33 Å². The highest BCUT2D eigenvalue weighted by molar-refractivity contribution is 6.30. The fourth-order valence-electron chi connectivity index (χ4n) is 5.03. The van der Waals surface area contributed by atoms with E-state index in [9.17, 15) is 8.78 Å². The summed E-state index contributed by atoms with van der Waals surface area (Å²) in [5.74, 6) is 2.58. The Morgan fingerprint density at radius 1 is 1.15 bits per heavy atom. The summed E-state index contributed by atoms with van der Waals surface area (Å²) in [7, 11) is 0. The molecule has 0 spiro atoms. The van der Waals surface area contributed by atoms with Crippen LogP contribution in [0, 0.1) is 30.5 Å². The van der Waals surface area contributed by atoms with Gasteiger partial charge in [-0.1, -0.05) is 11.6 Å². The number of anilines is 1. The van der Waals surface area contributed by atoms with Gasteiger partial charge in [-0.25, -0.2) is 18.7 Å². The van der Waals surface area contributed by atoms with Gasteiger partial charge in [0.2, 0.25) is 0 Å². The van der Waals surface area contributed by atoms with Crippen LogP contribution in [0.2, 0.25) is 5.02 Å². The molecule has 2 unspecified atom stereocenters. The lowest BCUT2D eigenvalue weighted by molar-refractivity contribution is 0.264. The van der Waals surface area contributed by atoms with Crippen LogP contribution >= 0.6 is 11.6 Å². The Morgan fingerprint density at radius 2 is 1.94 bits per heavy atom. The number of rotatable bonds is 6. The van der Waals surface area contributed by atoms with Crippen molar-refractivity contribution in [1.29, 1.82) is 0 Å². The molecule has 1 aromatic carbocycles. The summed E-state index contributed by atoms with van der Waals surface area (Å²) in [6.07, 6.45) is 6.04. The molecule has 0 amide bonds. The summed E-state index contributed by atoms with van der Waals surface area (Å²) < 4.78 is 33.5. The van der Waals surface area contributed by atoms with Crippen LogP contribution in [-0.4, -0.2) is 37.8 Å². The van der Waals surface area contributed by atoms with Crippen molar-refractivity contribution in [3.05, 3.63) is 59.3 Å². The van der Waals surface area contributed by atoms with Crippen LogP contribution in [0.25, 0.3) is 6.20 Å². The van der Waals surface area contributed by atoms with Crippen LogP contribution in [0.3, 0.4) is 0 Å². The molecule has 3 aromatic rings. The van der Waals surface area contributed by atoms with Gasteiger partial charge < -0.3 is 9.64 Å². The highest BCUT2D eigenvalue weighted by Gasteiger charge is 2.42. The maximum absolute atomic E-state index is 13.7. The summed E-state index contributed by atoms with van der Waals surface area (Å²) in [5.41, 5.74) is 0.956. The third-order valence-electron chi connectivity index (χ3n) is 6.45. The lowest BCUT2D eigenvalue weighted by atomic mass is 9.82. The molecule has 0 radical (unpaired) electrons. The lowest BCUT2D eigenvalue weighted by Crippen LogP contribution is -2.43. The second-order valence-corrected chi connectivity index (χ2v) is 9.06. The zero-order chi connectivity index (χ0) is 22.9. The van der Waals surface area contributed by atoms with Crippen LogP contribution in [0.4, 0.5) is 14.6 Å². The van der Waals surface area contributed by atoms with E-state index in [1.807, 2.05) is 13.0 Å². The van der Waals surface area contributed by atoms with Gasteiger partial charge in [-0.3, -0.25) is 0 Å². The minimum absolute atomic E-state index is 0.0572. The van der Waals surface area contributed by atoms with Crippen LogP contribution in [-0.2, 0) is 6.42 Å². The maximum atomic E-state index is 13.7. The predicted molar refractivity (Wildman–Crippen MR) is 120 cm³/mol. The van der Waals surface area contributed by atoms with Gasteiger partial charge in [-0.05, 0) is 49.7 Å². The molecule has 2 atom stereocenters. The van der Waals surface area contributed by atoms with Gasteiger partial charge in [0.1, 0.15) is 30.0 Å². The number of halogens is 3. The van der Waals surface area contributed by atoms with Gasteiger partial charge >= 0.3 is 6.01 Å². The molecule has 0 N–H and O–H groups in total. The van der Waals surface area contributed by atoms with Crippen molar-refractivity contribution in [1.82, 2.24) is 24.7 Å². The molecule has 33 heavy (non-hydrogen) atoms. The largest absolute Gasteiger partial charge is 0.424 e. The molecular formula is C23H23ClF2N6O. The molecule has 5 rings (SSSR count). The van der Waals surface area contributed by atoms with Crippen molar-refractivity contribution < 1.29 is 13.5 Å². The maximum Gasteiger partial charge on any atom is 0.325 e. The first-order valence-corrected chi connectivity index (χ1v) is 11.3. The predicted octanol–water partition coefficient (Wildman–Crippen LogP) is 5.06. The Morgan fingerprint density at radius 3 is 2.64 bits per heavy atom. The second-order valence-electron chi connectivity index (χ2n) is 8.63. The molecule has 10 heteroatoms. The molecule has 2 aliphatic rings. The van der Waals surface area contributed by atoms with Crippen molar-refractivity contribution in [2.75, 3.05) is 18.0 Å². The minimum atomic E-state index is -0.535. The molecule has 2 aromatic heterocycles. The van der Waals surface area contributed by atoms with Gasteiger partial charge in [-0.2, -0.15) is 9.67 Å². The summed E-state index contributed by atoms with van der Waals surface area (Å²) in [4.78, 5) is 15.5. The van der Waals surface area contributed by atoms with Gasteiger partial charge in [0.15, 0.2) is 5.82 Å². The summed E-state index contributed by atoms with van der Waals surface area (Å²) in [5, 5.41) is 4.61. The number of aromatic nitrogens is 5. The Labute approximate surface area is 195 Å². The molecule has 1 saturated carbocycles. The molecule has 7 nitrogen and oxygen atoms in total. The zero-order valence-corrected chi connectivity index (χ0v) is 18.8. The number of hydrogen-bond acceptors (Lipinski definition) is 6. The van der Waals surface area contributed by atoms with Crippen molar-refractivity contribution in [3.8, 4) is 11.8 Å². The Kier molecular flexibility index (Phi) is 5.97. The number of aryl methyl sites for hydroxylation is 1. The Hall–Kier alpha value is -3.07. The van der Waals surface area contributed by atoms with Gasteiger partial charge in [0.05, 0.1) is 6.20 Å². The number of fused-ring (bicyclic) bond motifs is 2. The van der Waals surface area contributed by atoms with Crippen LogP contribution in [0.15, 0.2) is 36.9 Å². The summed E-state index contributed by atoms with van der Waals surface area (Å²) >= 11 is 5.91. The van der Waals surface area contributed by atoms with E-state index in [-0.39, 0.29) is 16.8 Å². The minimum Gasteiger partial charge on any atom is -0.424 e. The molecular weight excluding hydrogens is 450 g/mol. The molecule has 172 valence electrons. The fourth-order valence-corrected chi connectivity index (χ4v) is 5.24. The monoisotopic (exact) mass is 472 g/mol. The SMILES string of the molecule is Cc1cc(N2CC3CCC(C2)C3Cc2nc(Oc3cc(F)cc(Cl)c3)n(C=CF)n2)ncn1. The highest BCUT2D eigenvalue weighted by atomic mass is 35.5. The molecule has 1 aliphatic heterocycles. The number of nitrogens with zero attached hydrogens (tertiary/aromatic N) is 6. The van der Waals surface area contributed by atoms with E-state index < -0.39 is 5.82 Å². The first-order chi connectivity index (χ1) is 16.0. The number of benzene rings is 1. The topological polar surface area (TPSA) is 69.0 Å². The molecule has 2 fully saturated rings. The zero-order valence-electron chi connectivity index (χ0n) is 18.0. The van der Waals surface area contributed by atoms with Gasteiger partial charge in [0, 0.05) is 42.4 Å². The quantitative estimate of drug-likeness (QED) is 0.499. The average Bonchev–Trinajstić information content (AvgIpc) is 3.22. The normalized spacial score (nSPS) is 22.3. The molecule has 2 bridgehead atoms. The van der Waals surface area contributed by atoms with E-state index in [0.717, 1.165) is 43.6 Å². The van der Waals surface area contributed by atoms with Crippen molar-refractivity contribution in [3.63, 3.8) is 0 Å². The first kappa shape index (κ1) is 21.8.